The third-order valence-corrected chi connectivity index (χ3v) is 3.64. The van der Waals surface area contributed by atoms with Crippen LogP contribution in [0.1, 0.15) is 6.42 Å². The van der Waals surface area contributed by atoms with Gasteiger partial charge in [-0.05, 0) is 6.42 Å². The summed E-state index contributed by atoms with van der Waals surface area (Å²) >= 11 is 16.4. The minimum absolute atomic E-state index is 0.0891. The normalized spacial score (nSPS) is 17.2. The van der Waals surface area contributed by atoms with Gasteiger partial charge in [-0.3, -0.25) is 0 Å². The Morgan fingerprint density at radius 1 is 0.682 bits per heavy atom. The van der Waals surface area contributed by atoms with Crippen LogP contribution < -0.4 is 0 Å². The smallest absolute Gasteiger partial charge is 0.104 e. The first-order valence-corrected chi connectivity index (χ1v) is 8.63. The third kappa shape index (κ3) is 13.1. The highest BCUT2D eigenvalue weighted by atomic mass is 35.5. The van der Waals surface area contributed by atoms with E-state index in [4.69, 9.17) is 49.0 Å². The number of hydrogen-bond donors (Lipinski definition) is 3. The first-order valence-electron chi connectivity index (χ1n) is 7.02. The molecule has 0 aliphatic carbocycles. The number of halogens is 3. The molecule has 6 nitrogen and oxygen atoms in total. The second kappa shape index (κ2) is 15.2. The molecular formula is C13H25Cl3O6. The van der Waals surface area contributed by atoms with E-state index >= 15 is 0 Å². The summed E-state index contributed by atoms with van der Waals surface area (Å²) in [4.78, 5) is 0. The molecule has 0 spiro atoms. The number of ether oxygens (including phenoxy) is 3. The maximum absolute atomic E-state index is 9.36. The maximum atomic E-state index is 9.36. The van der Waals surface area contributed by atoms with Gasteiger partial charge in [-0.2, -0.15) is 0 Å². The highest BCUT2D eigenvalue weighted by molar-refractivity contribution is 6.18. The van der Waals surface area contributed by atoms with Gasteiger partial charge in [0.15, 0.2) is 0 Å². The predicted octanol–water partition coefficient (Wildman–Crippen LogP) is 0.594. The van der Waals surface area contributed by atoms with Gasteiger partial charge in [0.25, 0.3) is 0 Å². The Bertz CT molecular complexity index is 212. The van der Waals surface area contributed by atoms with Gasteiger partial charge in [0.1, 0.15) is 6.10 Å². The molecule has 0 amide bonds. The topological polar surface area (TPSA) is 88.4 Å². The summed E-state index contributed by atoms with van der Waals surface area (Å²) in [7, 11) is 0. The molecule has 0 aliphatic heterocycles. The van der Waals surface area contributed by atoms with E-state index in [1.807, 2.05) is 0 Å². The number of alkyl halides is 3. The lowest BCUT2D eigenvalue weighted by atomic mass is 10.3. The fourth-order valence-electron chi connectivity index (χ4n) is 1.35. The average molecular weight is 384 g/mol. The average Bonchev–Trinajstić information content (AvgIpc) is 2.53. The first kappa shape index (κ1) is 22.6. The Balaban J connectivity index is 4.01. The SMILES string of the molecule is OC(CCl)CCOC(COCC(O)CCl)COCC(O)CCl. The Morgan fingerprint density at radius 3 is 1.55 bits per heavy atom. The van der Waals surface area contributed by atoms with E-state index in [2.05, 4.69) is 0 Å². The van der Waals surface area contributed by atoms with Gasteiger partial charge in [0.2, 0.25) is 0 Å². The van der Waals surface area contributed by atoms with Crippen molar-refractivity contribution in [1.29, 1.82) is 0 Å². The molecule has 0 aromatic carbocycles. The fraction of sp³-hybridized carbons (Fsp3) is 1.00. The Labute approximate surface area is 146 Å². The zero-order valence-electron chi connectivity index (χ0n) is 12.4. The highest BCUT2D eigenvalue weighted by Gasteiger charge is 2.14. The van der Waals surface area contributed by atoms with Crippen LogP contribution in [0.2, 0.25) is 0 Å². The van der Waals surface area contributed by atoms with Gasteiger partial charge in [-0.15, -0.1) is 34.8 Å². The molecule has 0 saturated carbocycles. The summed E-state index contributed by atoms with van der Waals surface area (Å²) in [5.41, 5.74) is 0. The molecule has 0 fully saturated rings. The zero-order chi connectivity index (χ0) is 16.8. The van der Waals surface area contributed by atoms with Crippen molar-refractivity contribution in [1.82, 2.24) is 0 Å². The molecule has 3 unspecified atom stereocenters. The Kier molecular flexibility index (Phi) is 15.6. The summed E-state index contributed by atoms with van der Waals surface area (Å²) in [5, 5.41) is 28.0. The van der Waals surface area contributed by atoms with Crippen molar-refractivity contribution in [3.05, 3.63) is 0 Å². The van der Waals surface area contributed by atoms with Crippen molar-refractivity contribution in [3.63, 3.8) is 0 Å². The summed E-state index contributed by atoms with van der Waals surface area (Å²) in [5.74, 6) is 0.322. The molecule has 3 atom stereocenters. The van der Waals surface area contributed by atoms with Gasteiger partial charge in [-0.1, -0.05) is 0 Å². The van der Waals surface area contributed by atoms with Crippen molar-refractivity contribution >= 4 is 34.8 Å². The molecule has 3 N–H and O–H groups in total. The standard InChI is InChI=1S/C13H25Cl3O6/c14-3-10(17)1-2-22-13(8-20-6-11(18)4-15)9-21-7-12(19)5-16/h10-13,17-19H,1-9H2. The van der Waals surface area contributed by atoms with Crippen LogP contribution in [0.5, 0.6) is 0 Å². The van der Waals surface area contributed by atoms with E-state index in [-0.39, 0.29) is 44.1 Å². The Hall–Kier alpha value is 0.630. The molecule has 22 heavy (non-hydrogen) atoms. The van der Waals surface area contributed by atoms with E-state index in [0.29, 0.717) is 13.0 Å². The highest BCUT2D eigenvalue weighted by Crippen LogP contribution is 2.02. The van der Waals surface area contributed by atoms with Crippen molar-refractivity contribution in [2.75, 3.05) is 50.7 Å². The molecule has 0 aromatic heterocycles. The van der Waals surface area contributed by atoms with E-state index in [9.17, 15) is 15.3 Å². The van der Waals surface area contributed by atoms with Gasteiger partial charge in [0, 0.05) is 12.5 Å². The van der Waals surface area contributed by atoms with E-state index in [1.165, 1.54) is 0 Å². The van der Waals surface area contributed by atoms with E-state index in [1.54, 1.807) is 0 Å². The van der Waals surface area contributed by atoms with Gasteiger partial charge in [0.05, 0.1) is 56.5 Å². The monoisotopic (exact) mass is 382 g/mol. The van der Waals surface area contributed by atoms with Crippen molar-refractivity contribution < 1.29 is 29.5 Å². The van der Waals surface area contributed by atoms with Gasteiger partial charge < -0.3 is 29.5 Å². The number of rotatable bonds is 15. The van der Waals surface area contributed by atoms with Crippen LogP contribution in [0.25, 0.3) is 0 Å². The molecular weight excluding hydrogens is 358 g/mol. The van der Waals surface area contributed by atoms with Gasteiger partial charge in [-0.25, -0.2) is 0 Å². The fourth-order valence-corrected chi connectivity index (χ4v) is 1.68. The molecule has 0 saturated heterocycles. The molecule has 0 bridgehead atoms. The quantitative estimate of drug-likeness (QED) is 0.359. The summed E-state index contributed by atoms with van der Waals surface area (Å²) in [6.07, 6.45) is -2.10. The minimum Gasteiger partial charge on any atom is -0.392 e. The van der Waals surface area contributed by atoms with Crippen LogP contribution in [0.15, 0.2) is 0 Å². The van der Waals surface area contributed by atoms with Crippen LogP contribution in [-0.4, -0.2) is 90.4 Å². The lowest BCUT2D eigenvalue weighted by Gasteiger charge is -2.20. The molecule has 0 radical (unpaired) electrons. The van der Waals surface area contributed by atoms with E-state index < -0.39 is 24.4 Å². The lowest BCUT2D eigenvalue weighted by Crippen LogP contribution is -2.31. The molecule has 134 valence electrons. The van der Waals surface area contributed by atoms with Crippen LogP contribution in [0.4, 0.5) is 0 Å². The molecule has 9 heteroatoms. The van der Waals surface area contributed by atoms with Crippen molar-refractivity contribution in [2.24, 2.45) is 0 Å². The zero-order valence-corrected chi connectivity index (χ0v) is 14.6. The number of aliphatic hydroxyl groups is 3. The second-order valence-corrected chi connectivity index (χ2v) is 5.71. The molecule has 0 aromatic rings. The van der Waals surface area contributed by atoms with Crippen LogP contribution in [0.3, 0.4) is 0 Å². The van der Waals surface area contributed by atoms with Gasteiger partial charge >= 0.3 is 0 Å². The van der Waals surface area contributed by atoms with E-state index in [0.717, 1.165) is 0 Å². The molecule has 0 aliphatic rings. The van der Waals surface area contributed by atoms with Crippen LogP contribution in [0, 0.1) is 0 Å². The number of aliphatic hydroxyl groups excluding tert-OH is 3. The first-order chi connectivity index (χ1) is 10.5. The third-order valence-electron chi connectivity index (χ3n) is 2.57. The lowest BCUT2D eigenvalue weighted by molar-refractivity contribution is -0.0817. The largest absolute Gasteiger partial charge is 0.392 e. The summed E-state index contributed by atoms with van der Waals surface area (Å²) in [6.45, 7) is 0.876. The Morgan fingerprint density at radius 2 is 1.14 bits per heavy atom. The van der Waals surface area contributed by atoms with Crippen molar-refractivity contribution in [3.8, 4) is 0 Å². The maximum Gasteiger partial charge on any atom is 0.104 e. The minimum atomic E-state index is -0.737. The molecule has 0 rings (SSSR count). The van der Waals surface area contributed by atoms with Crippen molar-refractivity contribution in [2.45, 2.75) is 30.8 Å². The summed E-state index contributed by atoms with van der Waals surface area (Å²) < 4.78 is 16.1. The molecule has 0 heterocycles. The second-order valence-electron chi connectivity index (χ2n) is 4.78. The predicted molar refractivity (Wildman–Crippen MR) is 86.2 cm³/mol. The van der Waals surface area contributed by atoms with Crippen LogP contribution >= 0.6 is 34.8 Å². The summed E-state index contributed by atoms with van der Waals surface area (Å²) in [6, 6.07) is 0. The number of hydrogen-bond acceptors (Lipinski definition) is 6. The van der Waals surface area contributed by atoms with Crippen LogP contribution in [-0.2, 0) is 14.2 Å².